The van der Waals surface area contributed by atoms with Crippen LogP contribution in [0.3, 0.4) is 0 Å². The summed E-state index contributed by atoms with van der Waals surface area (Å²) >= 11 is 0. The Hall–Kier alpha value is -1.23. The van der Waals surface area contributed by atoms with Crippen LogP contribution < -0.4 is 10.1 Å². The van der Waals surface area contributed by atoms with Crippen LogP contribution in [0.5, 0.6) is 5.75 Å². The van der Waals surface area contributed by atoms with E-state index in [0.717, 1.165) is 31.9 Å². The number of halogens is 3. The summed E-state index contributed by atoms with van der Waals surface area (Å²) in [6.07, 6.45) is -1.37. The average molecular weight is 259 g/mol. The molecule has 100 valence electrons. The maximum atomic E-state index is 12.7. The lowest BCUT2D eigenvalue weighted by atomic mass is 9.95. The van der Waals surface area contributed by atoms with E-state index in [9.17, 15) is 13.2 Å². The first-order valence-electron chi connectivity index (χ1n) is 6.01. The standard InChI is InChI=1S/C13H16F3NO/c1-18-12-6-5-9(13(14,15)16)8-10(12)11-4-2-3-7-17-11/h5-6,8,11,17H,2-4,7H2,1H3. The Kier molecular flexibility index (Phi) is 3.80. The number of hydrogen-bond donors (Lipinski definition) is 1. The molecule has 0 saturated carbocycles. The highest BCUT2D eigenvalue weighted by molar-refractivity contribution is 5.40. The molecule has 0 amide bonds. The van der Waals surface area contributed by atoms with E-state index >= 15 is 0 Å². The van der Waals surface area contributed by atoms with Gasteiger partial charge >= 0.3 is 6.18 Å². The first kappa shape index (κ1) is 13.2. The van der Waals surface area contributed by atoms with Crippen LogP contribution in [0.4, 0.5) is 13.2 Å². The monoisotopic (exact) mass is 259 g/mol. The quantitative estimate of drug-likeness (QED) is 0.877. The maximum absolute atomic E-state index is 12.7. The predicted molar refractivity (Wildman–Crippen MR) is 62.6 cm³/mol. The molecule has 2 rings (SSSR count). The van der Waals surface area contributed by atoms with Gasteiger partial charge in [-0.25, -0.2) is 0 Å². The van der Waals surface area contributed by atoms with Crippen molar-refractivity contribution in [2.45, 2.75) is 31.5 Å². The molecule has 1 heterocycles. The lowest BCUT2D eigenvalue weighted by molar-refractivity contribution is -0.137. The molecule has 0 aliphatic carbocycles. The summed E-state index contributed by atoms with van der Waals surface area (Å²) in [6.45, 7) is 0.837. The summed E-state index contributed by atoms with van der Waals surface area (Å²) < 4.78 is 43.3. The zero-order chi connectivity index (χ0) is 13.2. The van der Waals surface area contributed by atoms with Gasteiger partial charge in [-0.1, -0.05) is 6.42 Å². The third-order valence-electron chi connectivity index (χ3n) is 3.24. The van der Waals surface area contributed by atoms with Crippen molar-refractivity contribution in [1.82, 2.24) is 5.32 Å². The normalized spacial score (nSPS) is 20.8. The second kappa shape index (κ2) is 5.18. The van der Waals surface area contributed by atoms with Crippen molar-refractivity contribution in [3.05, 3.63) is 29.3 Å². The molecule has 0 aromatic heterocycles. The smallest absolute Gasteiger partial charge is 0.416 e. The van der Waals surface area contributed by atoms with Gasteiger partial charge in [-0.3, -0.25) is 0 Å². The first-order chi connectivity index (χ1) is 8.52. The van der Waals surface area contributed by atoms with Crippen molar-refractivity contribution in [3.63, 3.8) is 0 Å². The number of alkyl halides is 3. The average Bonchev–Trinajstić information content (AvgIpc) is 2.38. The zero-order valence-electron chi connectivity index (χ0n) is 10.2. The second-order valence-corrected chi connectivity index (χ2v) is 4.46. The summed E-state index contributed by atoms with van der Waals surface area (Å²) in [5.74, 6) is 0.516. The molecule has 1 aromatic rings. The van der Waals surface area contributed by atoms with Crippen molar-refractivity contribution in [3.8, 4) is 5.75 Å². The van der Waals surface area contributed by atoms with E-state index in [1.807, 2.05) is 0 Å². The van der Waals surface area contributed by atoms with Gasteiger partial charge in [-0.2, -0.15) is 13.2 Å². The van der Waals surface area contributed by atoms with Gasteiger partial charge in [-0.15, -0.1) is 0 Å². The van der Waals surface area contributed by atoms with Gasteiger partial charge in [0.25, 0.3) is 0 Å². The Morgan fingerprint density at radius 1 is 1.28 bits per heavy atom. The lowest BCUT2D eigenvalue weighted by Gasteiger charge is -2.26. The van der Waals surface area contributed by atoms with E-state index in [2.05, 4.69) is 5.32 Å². The minimum Gasteiger partial charge on any atom is -0.496 e. The Balaban J connectivity index is 2.35. The fourth-order valence-electron chi connectivity index (χ4n) is 2.30. The molecule has 1 unspecified atom stereocenters. The molecule has 5 heteroatoms. The molecule has 1 saturated heterocycles. The molecule has 1 N–H and O–H groups in total. The number of piperidine rings is 1. The highest BCUT2D eigenvalue weighted by atomic mass is 19.4. The van der Waals surface area contributed by atoms with E-state index in [-0.39, 0.29) is 6.04 Å². The van der Waals surface area contributed by atoms with E-state index in [0.29, 0.717) is 11.3 Å². The number of hydrogen-bond acceptors (Lipinski definition) is 2. The largest absolute Gasteiger partial charge is 0.496 e. The van der Waals surface area contributed by atoms with Crippen LogP contribution in [0, 0.1) is 0 Å². The van der Waals surface area contributed by atoms with Crippen molar-refractivity contribution >= 4 is 0 Å². The number of rotatable bonds is 2. The van der Waals surface area contributed by atoms with Gasteiger partial charge in [0.2, 0.25) is 0 Å². The molecule has 0 spiro atoms. The van der Waals surface area contributed by atoms with Crippen molar-refractivity contribution in [2.75, 3.05) is 13.7 Å². The molecule has 1 aromatic carbocycles. The third kappa shape index (κ3) is 2.77. The molecule has 1 aliphatic heterocycles. The summed E-state index contributed by atoms with van der Waals surface area (Å²) in [6, 6.07) is 3.61. The fourth-order valence-corrected chi connectivity index (χ4v) is 2.30. The van der Waals surface area contributed by atoms with Crippen molar-refractivity contribution in [2.24, 2.45) is 0 Å². The Morgan fingerprint density at radius 2 is 2.06 bits per heavy atom. The zero-order valence-corrected chi connectivity index (χ0v) is 10.2. The van der Waals surface area contributed by atoms with Gasteiger partial charge in [0.15, 0.2) is 0 Å². The number of ether oxygens (including phenoxy) is 1. The van der Waals surface area contributed by atoms with Crippen molar-refractivity contribution in [1.29, 1.82) is 0 Å². The van der Waals surface area contributed by atoms with E-state index < -0.39 is 11.7 Å². The van der Waals surface area contributed by atoms with Crippen LogP contribution in [0.15, 0.2) is 18.2 Å². The SMILES string of the molecule is COc1ccc(C(F)(F)F)cc1C1CCCCN1. The molecule has 1 fully saturated rings. The molecule has 0 radical (unpaired) electrons. The highest BCUT2D eigenvalue weighted by Crippen LogP contribution is 2.36. The molecule has 1 atom stereocenters. The Morgan fingerprint density at radius 3 is 2.61 bits per heavy atom. The summed E-state index contributed by atoms with van der Waals surface area (Å²) in [7, 11) is 1.48. The fraction of sp³-hybridized carbons (Fsp3) is 0.538. The minimum absolute atomic E-state index is 0.0454. The number of benzene rings is 1. The van der Waals surface area contributed by atoms with Crippen molar-refractivity contribution < 1.29 is 17.9 Å². The van der Waals surface area contributed by atoms with Crippen LogP contribution >= 0.6 is 0 Å². The van der Waals surface area contributed by atoms with Gasteiger partial charge in [0.05, 0.1) is 12.7 Å². The van der Waals surface area contributed by atoms with E-state index in [1.54, 1.807) is 0 Å². The number of methoxy groups -OCH3 is 1. The van der Waals surface area contributed by atoms with Crippen LogP contribution in [-0.4, -0.2) is 13.7 Å². The topological polar surface area (TPSA) is 21.3 Å². The molecule has 0 bridgehead atoms. The molecule has 1 aliphatic rings. The minimum atomic E-state index is -4.31. The summed E-state index contributed by atoms with van der Waals surface area (Å²) in [5.41, 5.74) is -0.0160. The third-order valence-corrected chi connectivity index (χ3v) is 3.24. The van der Waals surface area contributed by atoms with Crippen LogP contribution in [0.2, 0.25) is 0 Å². The predicted octanol–water partition coefficient (Wildman–Crippen LogP) is 3.53. The number of nitrogens with one attached hydrogen (secondary N) is 1. The summed E-state index contributed by atoms with van der Waals surface area (Å²) in [4.78, 5) is 0. The Labute approximate surface area is 104 Å². The maximum Gasteiger partial charge on any atom is 0.416 e. The van der Waals surface area contributed by atoms with Crippen LogP contribution in [-0.2, 0) is 6.18 Å². The van der Waals surface area contributed by atoms with Gasteiger partial charge in [-0.05, 0) is 37.6 Å². The highest BCUT2D eigenvalue weighted by Gasteiger charge is 2.32. The van der Waals surface area contributed by atoms with Gasteiger partial charge < -0.3 is 10.1 Å². The summed E-state index contributed by atoms with van der Waals surface area (Å²) in [5, 5.41) is 3.24. The van der Waals surface area contributed by atoms with E-state index in [1.165, 1.54) is 19.2 Å². The van der Waals surface area contributed by atoms with E-state index in [4.69, 9.17) is 4.74 Å². The second-order valence-electron chi connectivity index (χ2n) is 4.46. The molecular weight excluding hydrogens is 243 g/mol. The van der Waals surface area contributed by atoms with Gasteiger partial charge in [0.1, 0.15) is 5.75 Å². The molecule has 2 nitrogen and oxygen atoms in total. The first-order valence-corrected chi connectivity index (χ1v) is 6.01. The van der Waals surface area contributed by atoms with Gasteiger partial charge in [0, 0.05) is 11.6 Å². The molecule has 18 heavy (non-hydrogen) atoms. The lowest BCUT2D eigenvalue weighted by Crippen LogP contribution is -2.27. The Bertz CT molecular complexity index is 411. The van der Waals surface area contributed by atoms with Crippen LogP contribution in [0.25, 0.3) is 0 Å². The van der Waals surface area contributed by atoms with Crippen LogP contribution in [0.1, 0.15) is 36.4 Å². The molecular formula is C13H16F3NO.